The molecule has 2 aromatic heterocycles. The summed E-state index contributed by atoms with van der Waals surface area (Å²) in [5, 5.41) is 5.35. The van der Waals surface area contributed by atoms with Crippen molar-refractivity contribution in [3.63, 3.8) is 0 Å². The summed E-state index contributed by atoms with van der Waals surface area (Å²) in [5.74, 6) is 1.24. The molecule has 0 bridgehead atoms. The molecular formula is C23H22N4O2. The Morgan fingerprint density at radius 2 is 1.93 bits per heavy atom. The Bertz CT molecular complexity index is 1190. The topological polar surface area (TPSA) is 75.0 Å². The molecule has 1 atom stereocenters. The molecule has 146 valence electrons. The average Bonchev–Trinajstić information content (AvgIpc) is 3.42. The van der Waals surface area contributed by atoms with Gasteiger partial charge in [0, 0.05) is 41.7 Å². The molecule has 6 heteroatoms. The first-order valence-electron chi connectivity index (χ1n) is 9.84. The number of carbonyl (C=O) groups excluding carboxylic acids is 1. The van der Waals surface area contributed by atoms with E-state index in [2.05, 4.69) is 21.2 Å². The van der Waals surface area contributed by atoms with Crippen LogP contribution in [0.15, 0.2) is 53.2 Å². The quantitative estimate of drug-likeness (QED) is 0.568. The van der Waals surface area contributed by atoms with Crippen LogP contribution in [0.25, 0.3) is 10.9 Å². The average molecular weight is 386 g/mol. The molecule has 0 radical (unpaired) electrons. The van der Waals surface area contributed by atoms with Gasteiger partial charge in [-0.05, 0) is 36.6 Å². The van der Waals surface area contributed by atoms with Crippen molar-refractivity contribution in [1.82, 2.24) is 15.1 Å². The molecule has 4 aromatic rings. The zero-order valence-corrected chi connectivity index (χ0v) is 16.5. The number of hydrogen-bond donors (Lipinski definition) is 1. The van der Waals surface area contributed by atoms with Crippen molar-refractivity contribution in [2.24, 2.45) is 0 Å². The van der Waals surface area contributed by atoms with Crippen LogP contribution < -0.4 is 4.90 Å². The first-order chi connectivity index (χ1) is 14.1. The number of hydrogen-bond acceptors (Lipinski definition) is 4. The highest BCUT2D eigenvalue weighted by molar-refractivity contribution is 5.97. The minimum absolute atomic E-state index is 0.0537. The normalized spacial score (nSPS) is 16.8. The molecule has 29 heavy (non-hydrogen) atoms. The minimum Gasteiger partial charge on any atom is -0.361 e. The highest BCUT2D eigenvalue weighted by Crippen LogP contribution is 2.34. The molecule has 0 saturated carbocycles. The van der Waals surface area contributed by atoms with Crippen LogP contribution >= 0.6 is 0 Å². The largest absolute Gasteiger partial charge is 0.361 e. The molecule has 0 spiro atoms. The van der Waals surface area contributed by atoms with E-state index in [1.807, 2.05) is 61.3 Å². The first-order valence-corrected chi connectivity index (χ1v) is 9.84. The van der Waals surface area contributed by atoms with Gasteiger partial charge in [0.2, 0.25) is 11.8 Å². The maximum Gasteiger partial charge on any atom is 0.231 e. The molecule has 1 aliphatic heterocycles. The highest BCUT2D eigenvalue weighted by atomic mass is 16.5. The molecule has 1 unspecified atom stereocenters. The summed E-state index contributed by atoms with van der Waals surface area (Å²) in [6, 6.07) is 14.2. The SMILES string of the molecule is Cc1cccc(C)c1N1CC(c2noc(Cc3c[nH]c4ccccc34)n2)CC1=O. The second-order valence-electron chi connectivity index (χ2n) is 7.73. The molecular weight excluding hydrogens is 364 g/mol. The van der Waals surface area contributed by atoms with Crippen LogP contribution in [0.4, 0.5) is 5.69 Å². The van der Waals surface area contributed by atoms with Gasteiger partial charge in [-0.3, -0.25) is 4.79 Å². The number of H-pyrrole nitrogens is 1. The second-order valence-corrected chi connectivity index (χ2v) is 7.73. The van der Waals surface area contributed by atoms with Gasteiger partial charge < -0.3 is 14.4 Å². The molecule has 1 N–H and O–H groups in total. The number of benzene rings is 2. The Morgan fingerprint density at radius 1 is 1.14 bits per heavy atom. The molecule has 1 fully saturated rings. The van der Waals surface area contributed by atoms with Crippen molar-refractivity contribution < 1.29 is 9.32 Å². The number of fused-ring (bicyclic) bond motifs is 1. The fourth-order valence-electron chi connectivity index (χ4n) is 4.27. The predicted molar refractivity (Wildman–Crippen MR) is 111 cm³/mol. The lowest BCUT2D eigenvalue weighted by atomic mass is 10.1. The minimum atomic E-state index is -0.0537. The number of anilines is 1. The number of nitrogens with zero attached hydrogens (tertiary/aromatic N) is 3. The number of aromatic nitrogens is 3. The number of amides is 1. The van der Waals surface area contributed by atoms with Gasteiger partial charge in [0.25, 0.3) is 0 Å². The van der Waals surface area contributed by atoms with Crippen molar-refractivity contribution >= 4 is 22.5 Å². The van der Waals surface area contributed by atoms with Crippen molar-refractivity contribution in [2.45, 2.75) is 32.6 Å². The molecule has 6 nitrogen and oxygen atoms in total. The molecule has 0 aliphatic carbocycles. The Labute approximate surface area is 168 Å². The van der Waals surface area contributed by atoms with E-state index in [-0.39, 0.29) is 11.8 Å². The summed E-state index contributed by atoms with van der Waals surface area (Å²) in [4.78, 5) is 22.5. The van der Waals surface area contributed by atoms with E-state index in [1.54, 1.807) is 0 Å². The van der Waals surface area contributed by atoms with Crippen LogP contribution in [-0.4, -0.2) is 27.6 Å². The zero-order valence-electron chi connectivity index (χ0n) is 16.5. The number of rotatable bonds is 4. The van der Waals surface area contributed by atoms with E-state index in [0.29, 0.717) is 31.1 Å². The number of nitrogens with one attached hydrogen (secondary N) is 1. The van der Waals surface area contributed by atoms with Gasteiger partial charge in [-0.1, -0.05) is 41.6 Å². The summed E-state index contributed by atoms with van der Waals surface area (Å²) >= 11 is 0. The summed E-state index contributed by atoms with van der Waals surface area (Å²) < 4.78 is 5.52. The van der Waals surface area contributed by atoms with Gasteiger partial charge in [-0.15, -0.1) is 0 Å². The highest BCUT2D eigenvalue weighted by Gasteiger charge is 2.35. The van der Waals surface area contributed by atoms with Crippen molar-refractivity contribution in [1.29, 1.82) is 0 Å². The first kappa shape index (κ1) is 17.7. The van der Waals surface area contributed by atoms with E-state index in [1.165, 1.54) is 0 Å². The Hall–Kier alpha value is -3.41. The maximum atomic E-state index is 12.7. The van der Waals surface area contributed by atoms with Gasteiger partial charge in [0.1, 0.15) is 0 Å². The summed E-state index contributed by atoms with van der Waals surface area (Å²) in [6.07, 6.45) is 2.95. The molecule has 3 heterocycles. The van der Waals surface area contributed by atoms with Gasteiger partial charge >= 0.3 is 0 Å². The Balaban J connectivity index is 1.36. The van der Waals surface area contributed by atoms with Gasteiger partial charge in [-0.2, -0.15) is 4.98 Å². The third-order valence-electron chi connectivity index (χ3n) is 5.70. The van der Waals surface area contributed by atoms with Crippen LogP contribution in [-0.2, 0) is 11.2 Å². The Morgan fingerprint density at radius 3 is 2.76 bits per heavy atom. The molecule has 1 aliphatic rings. The molecule has 1 amide bonds. The second kappa shape index (κ2) is 6.88. The molecule has 2 aromatic carbocycles. The van der Waals surface area contributed by atoms with Crippen molar-refractivity contribution in [2.75, 3.05) is 11.4 Å². The van der Waals surface area contributed by atoms with E-state index >= 15 is 0 Å². The predicted octanol–water partition coefficient (Wildman–Crippen LogP) is 4.28. The lowest BCUT2D eigenvalue weighted by Crippen LogP contribution is -2.26. The van der Waals surface area contributed by atoms with E-state index in [4.69, 9.17) is 4.52 Å². The van der Waals surface area contributed by atoms with E-state index in [0.717, 1.165) is 33.3 Å². The standard InChI is InChI=1S/C23H22N4O2/c1-14-6-5-7-15(2)22(14)27-13-17(11-21(27)28)23-25-20(29-26-23)10-16-12-24-19-9-4-3-8-18(16)19/h3-9,12,17,24H,10-11,13H2,1-2H3. The van der Waals surface area contributed by atoms with Crippen LogP contribution in [0.3, 0.4) is 0 Å². The van der Waals surface area contributed by atoms with Gasteiger partial charge in [-0.25, -0.2) is 0 Å². The summed E-state index contributed by atoms with van der Waals surface area (Å²) in [5.41, 5.74) is 5.42. The number of carbonyl (C=O) groups is 1. The summed E-state index contributed by atoms with van der Waals surface area (Å²) in [7, 11) is 0. The smallest absolute Gasteiger partial charge is 0.231 e. The van der Waals surface area contributed by atoms with E-state index in [9.17, 15) is 4.79 Å². The molecule has 1 saturated heterocycles. The van der Waals surface area contributed by atoms with Crippen LogP contribution in [0.5, 0.6) is 0 Å². The number of aromatic amines is 1. The third kappa shape index (κ3) is 3.10. The number of para-hydroxylation sites is 2. The Kier molecular flexibility index (Phi) is 4.19. The fourth-order valence-corrected chi connectivity index (χ4v) is 4.27. The fraction of sp³-hybridized carbons (Fsp3) is 0.261. The number of aryl methyl sites for hydroxylation is 2. The lowest BCUT2D eigenvalue weighted by molar-refractivity contribution is -0.117. The van der Waals surface area contributed by atoms with E-state index < -0.39 is 0 Å². The van der Waals surface area contributed by atoms with Crippen LogP contribution in [0, 0.1) is 13.8 Å². The van der Waals surface area contributed by atoms with Crippen molar-refractivity contribution in [3.05, 3.63) is 77.1 Å². The van der Waals surface area contributed by atoms with Crippen molar-refractivity contribution in [3.8, 4) is 0 Å². The zero-order chi connectivity index (χ0) is 20.0. The van der Waals surface area contributed by atoms with Crippen LogP contribution in [0.1, 0.15) is 40.7 Å². The maximum absolute atomic E-state index is 12.7. The summed E-state index contributed by atoms with van der Waals surface area (Å²) in [6.45, 7) is 4.66. The third-order valence-corrected chi connectivity index (χ3v) is 5.70. The van der Waals surface area contributed by atoms with Crippen LogP contribution in [0.2, 0.25) is 0 Å². The molecule has 5 rings (SSSR count). The monoisotopic (exact) mass is 386 g/mol. The van der Waals surface area contributed by atoms with Gasteiger partial charge in [0.05, 0.1) is 6.42 Å². The lowest BCUT2D eigenvalue weighted by Gasteiger charge is -2.21. The van der Waals surface area contributed by atoms with Gasteiger partial charge in [0.15, 0.2) is 5.82 Å².